The van der Waals surface area contributed by atoms with Crippen molar-refractivity contribution < 1.29 is 9.59 Å². The summed E-state index contributed by atoms with van der Waals surface area (Å²) >= 11 is 1.67. The first-order valence-corrected chi connectivity index (χ1v) is 7.00. The molecule has 104 valence electrons. The molecule has 0 saturated heterocycles. The Morgan fingerprint density at radius 2 is 2.05 bits per heavy atom. The lowest BCUT2D eigenvalue weighted by atomic mass is 10.2. The van der Waals surface area contributed by atoms with E-state index in [1.54, 1.807) is 35.6 Å². The molecule has 0 aliphatic rings. The van der Waals surface area contributed by atoms with Crippen LogP contribution >= 0.6 is 11.3 Å². The second-order valence-electron chi connectivity index (χ2n) is 4.16. The van der Waals surface area contributed by atoms with E-state index < -0.39 is 6.03 Å². The van der Waals surface area contributed by atoms with Gasteiger partial charge in [0.05, 0.1) is 0 Å². The van der Waals surface area contributed by atoms with Gasteiger partial charge in [-0.25, -0.2) is 4.79 Å². The summed E-state index contributed by atoms with van der Waals surface area (Å²) in [5.41, 5.74) is 6.03. The van der Waals surface area contributed by atoms with E-state index in [1.807, 2.05) is 17.5 Å². The Balaban J connectivity index is 1.90. The quantitative estimate of drug-likeness (QED) is 0.788. The summed E-state index contributed by atoms with van der Waals surface area (Å²) in [6.45, 7) is 0.576. The third-order valence-corrected chi connectivity index (χ3v) is 3.57. The van der Waals surface area contributed by atoms with Gasteiger partial charge in [0.2, 0.25) is 0 Å². The number of carbonyl (C=O) groups excluding carboxylic acids is 2. The van der Waals surface area contributed by atoms with Gasteiger partial charge in [0.15, 0.2) is 0 Å². The van der Waals surface area contributed by atoms with E-state index in [0.717, 1.165) is 6.42 Å². The Morgan fingerprint density at radius 3 is 2.75 bits per heavy atom. The molecule has 0 bridgehead atoms. The maximum atomic E-state index is 12.0. The fourth-order valence-electron chi connectivity index (χ4n) is 1.74. The van der Waals surface area contributed by atoms with Crippen LogP contribution in [0.15, 0.2) is 41.8 Å². The highest BCUT2D eigenvalue weighted by Gasteiger charge is 2.06. The van der Waals surface area contributed by atoms with Crippen molar-refractivity contribution in [3.63, 3.8) is 0 Å². The molecule has 5 nitrogen and oxygen atoms in total. The van der Waals surface area contributed by atoms with E-state index in [2.05, 4.69) is 10.6 Å². The number of benzene rings is 1. The van der Waals surface area contributed by atoms with Crippen molar-refractivity contribution >= 4 is 29.0 Å². The second kappa shape index (κ2) is 6.72. The SMILES string of the molecule is NC(=O)Nc1cccc(C(=O)NCCc2cccs2)c1. The van der Waals surface area contributed by atoms with Crippen molar-refractivity contribution in [3.05, 3.63) is 52.2 Å². The molecule has 0 aliphatic carbocycles. The summed E-state index contributed by atoms with van der Waals surface area (Å²) in [6, 6.07) is 10.0. The molecule has 0 radical (unpaired) electrons. The number of hydrogen-bond acceptors (Lipinski definition) is 3. The molecule has 1 aromatic heterocycles. The Labute approximate surface area is 120 Å². The highest BCUT2D eigenvalue weighted by Crippen LogP contribution is 2.11. The first-order chi connectivity index (χ1) is 9.65. The molecule has 2 aromatic rings. The third-order valence-electron chi connectivity index (χ3n) is 2.63. The fourth-order valence-corrected chi connectivity index (χ4v) is 2.45. The van der Waals surface area contributed by atoms with Crippen LogP contribution < -0.4 is 16.4 Å². The number of hydrogen-bond donors (Lipinski definition) is 3. The maximum absolute atomic E-state index is 12.0. The lowest BCUT2D eigenvalue weighted by molar-refractivity contribution is 0.0954. The molecule has 0 saturated carbocycles. The predicted molar refractivity (Wildman–Crippen MR) is 80.0 cm³/mol. The molecule has 0 atom stereocenters. The van der Waals surface area contributed by atoms with Crippen LogP contribution in [0.2, 0.25) is 0 Å². The summed E-state index contributed by atoms with van der Waals surface area (Å²) in [5, 5.41) is 7.29. The van der Waals surface area contributed by atoms with Crippen molar-refractivity contribution in [2.75, 3.05) is 11.9 Å². The molecule has 20 heavy (non-hydrogen) atoms. The van der Waals surface area contributed by atoms with Gasteiger partial charge in [-0.15, -0.1) is 11.3 Å². The molecular formula is C14H15N3O2S. The average Bonchev–Trinajstić information content (AvgIpc) is 2.91. The van der Waals surface area contributed by atoms with Crippen LogP contribution in [0.5, 0.6) is 0 Å². The zero-order chi connectivity index (χ0) is 14.4. The monoisotopic (exact) mass is 289 g/mol. The first-order valence-electron chi connectivity index (χ1n) is 6.12. The first kappa shape index (κ1) is 14.1. The number of thiophene rings is 1. The van der Waals surface area contributed by atoms with Gasteiger partial charge < -0.3 is 16.4 Å². The molecule has 1 heterocycles. The fraction of sp³-hybridized carbons (Fsp3) is 0.143. The van der Waals surface area contributed by atoms with Gasteiger partial charge in [0.25, 0.3) is 5.91 Å². The Bertz CT molecular complexity index is 596. The van der Waals surface area contributed by atoms with Crippen molar-refractivity contribution in [3.8, 4) is 0 Å². The molecule has 0 aliphatic heterocycles. The summed E-state index contributed by atoms with van der Waals surface area (Å²) in [6.07, 6.45) is 0.808. The smallest absolute Gasteiger partial charge is 0.316 e. The van der Waals surface area contributed by atoms with Crippen LogP contribution in [-0.4, -0.2) is 18.5 Å². The van der Waals surface area contributed by atoms with Crippen molar-refractivity contribution in [1.29, 1.82) is 0 Å². The summed E-state index contributed by atoms with van der Waals surface area (Å²) in [4.78, 5) is 24.0. The molecular weight excluding hydrogens is 274 g/mol. The number of nitrogens with two attached hydrogens (primary N) is 1. The normalized spacial score (nSPS) is 10.0. The molecule has 2 rings (SSSR count). The van der Waals surface area contributed by atoms with Crippen LogP contribution in [0.4, 0.5) is 10.5 Å². The van der Waals surface area contributed by atoms with Crippen LogP contribution in [0.1, 0.15) is 15.2 Å². The molecule has 0 unspecified atom stereocenters. The highest BCUT2D eigenvalue weighted by atomic mass is 32.1. The summed E-state index contributed by atoms with van der Waals surface area (Å²) in [7, 11) is 0. The predicted octanol–water partition coefficient (Wildman–Crippen LogP) is 2.21. The minimum atomic E-state index is -0.653. The van der Waals surface area contributed by atoms with E-state index in [4.69, 9.17) is 5.73 Å². The van der Waals surface area contributed by atoms with Crippen molar-refractivity contribution in [1.82, 2.24) is 5.32 Å². The van der Waals surface area contributed by atoms with Crippen LogP contribution in [0.3, 0.4) is 0 Å². The zero-order valence-electron chi connectivity index (χ0n) is 10.8. The Morgan fingerprint density at radius 1 is 1.20 bits per heavy atom. The number of nitrogens with one attached hydrogen (secondary N) is 2. The Hall–Kier alpha value is -2.34. The molecule has 0 fully saturated rings. The molecule has 1 aromatic carbocycles. The van der Waals surface area contributed by atoms with Crippen LogP contribution in [-0.2, 0) is 6.42 Å². The van der Waals surface area contributed by atoms with Crippen molar-refractivity contribution in [2.45, 2.75) is 6.42 Å². The Kier molecular flexibility index (Phi) is 4.73. The summed E-state index contributed by atoms with van der Waals surface area (Å²) in [5.74, 6) is -0.172. The van der Waals surface area contributed by atoms with Crippen LogP contribution in [0.25, 0.3) is 0 Å². The maximum Gasteiger partial charge on any atom is 0.316 e. The van der Waals surface area contributed by atoms with Gasteiger partial charge in [-0.1, -0.05) is 12.1 Å². The number of amides is 3. The molecule has 3 amide bonds. The van der Waals surface area contributed by atoms with E-state index in [1.165, 1.54) is 4.88 Å². The molecule has 6 heteroatoms. The standard InChI is InChI=1S/C14H15N3O2S/c15-14(19)17-11-4-1-3-10(9-11)13(18)16-7-6-12-5-2-8-20-12/h1-5,8-9H,6-7H2,(H,16,18)(H3,15,17,19). The third kappa shape index (κ3) is 4.10. The second-order valence-corrected chi connectivity index (χ2v) is 5.19. The number of carbonyl (C=O) groups is 2. The van der Waals surface area contributed by atoms with E-state index in [0.29, 0.717) is 17.8 Å². The number of urea groups is 1. The van der Waals surface area contributed by atoms with E-state index in [-0.39, 0.29) is 5.91 Å². The topological polar surface area (TPSA) is 84.2 Å². The van der Waals surface area contributed by atoms with Gasteiger partial charge in [-0.2, -0.15) is 0 Å². The highest BCUT2D eigenvalue weighted by molar-refractivity contribution is 7.09. The number of rotatable bonds is 5. The lowest BCUT2D eigenvalue weighted by Gasteiger charge is -2.06. The zero-order valence-corrected chi connectivity index (χ0v) is 11.6. The van der Waals surface area contributed by atoms with E-state index >= 15 is 0 Å². The number of anilines is 1. The lowest BCUT2D eigenvalue weighted by Crippen LogP contribution is -2.26. The molecule has 0 spiro atoms. The van der Waals surface area contributed by atoms with Gasteiger partial charge in [-0.05, 0) is 36.1 Å². The minimum Gasteiger partial charge on any atom is -0.352 e. The van der Waals surface area contributed by atoms with Crippen molar-refractivity contribution in [2.24, 2.45) is 5.73 Å². The largest absolute Gasteiger partial charge is 0.352 e. The van der Waals surface area contributed by atoms with Crippen LogP contribution in [0, 0.1) is 0 Å². The van der Waals surface area contributed by atoms with E-state index in [9.17, 15) is 9.59 Å². The van der Waals surface area contributed by atoms with Gasteiger partial charge >= 0.3 is 6.03 Å². The average molecular weight is 289 g/mol. The van der Waals surface area contributed by atoms with Gasteiger partial charge in [0, 0.05) is 22.7 Å². The van der Waals surface area contributed by atoms with Gasteiger partial charge in [0.1, 0.15) is 0 Å². The summed E-state index contributed by atoms with van der Waals surface area (Å²) < 4.78 is 0. The van der Waals surface area contributed by atoms with Gasteiger partial charge in [-0.3, -0.25) is 4.79 Å². The minimum absolute atomic E-state index is 0.172. The molecule has 4 N–H and O–H groups in total. The number of primary amides is 1.